The van der Waals surface area contributed by atoms with E-state index in [1.807, 2.05) is 0 Å². The second-order valence-corrected chi connectivity index (χ2v) is 6.59. The molecule has 3 rings (SSSR count). The fraction of sp³-hybridized carbons (Fsp3) is 0.688. The summed E-state index contributed by atoms with van der Waals surface area (Å²) in [6.45, 7) is 8.49. The van der Waals surface area contributed by atoms with E-state index in [1.54, 1.807) is 0 Å². The Kier molecular flexibility index (Phi) is 2.65. The molecule has 0 amide bonds. The van der Waals surface area contributed by atoms with Gasteiger partial charge in [0.05, 0.1) is 0 Å². The third-order valence-corrected chi connectivity index (χ3v) is 5.23. The van der Waals surface area contributed by atoms with E-state index >= 15 is 0 Å². The van der Waals surface area contributed by atoms with Crippen molar-refractivity contribution in [2.24, 2.45) is 17.3 Å². The van der Waals surface area contributed by atoms with Gasteiger partial charge in [0, 0.05) is 17.4 Å². The van der Waals surface area contributed by atoms with Gasteiger partial charge in [0.2, 0.25) is 0 Å². The summed E-state index contributed by atoms with van der Waals surface area (Å²) in [5.74, 6) is 0.670. The van der Waals surface area contributed by atoms with Crippen molar-refractivity contribution >= 4 is 5.97 Å². The molecule has 1 saturated heterocycles. The molecular formula is C16H22O2. The van der Waals surface area contributed by atoms with Gasteiger partial charge in [0.1, 0.15) is 6.10 Å². The molecule has 2 fully saturated rings. The number of allylic oxidation sites excluding steroid dienone is 2. The number of hydrogen-bond donors (Lipinski definition) is 0. The van der Waals surface area contributed by atoms with Crippen LogP contribution in [-0.4, -0.2) is 12.1 Å². The van der Waals surface area contributed by atoms with Gasteiger partial charge in [-0.2, -0.15) is 0 Å². The van der Waals surface area contributed by atoms with Crippen LogP contribution in [0.15, 0.2) is 23.8 Å². The largest absolute Gasteiger partial charge is 0.458 e. The molecule has 0 N–H and O–H groups in total. The fourth-order valence-corrected chi connectivity index (χ4v) is 3.71. The first kappa shape index (κ1) is 12.0. The van der Waals surface area contributed by atoms with E-state index in [2.05, 4.69) is 26.5 Å². The normalized spacial score (nSPS) is 46.6. The average Bonchev–Trinajstić information content (AvgIpc) is 2.90. The van der Waals surface area contributed by atoms with E-state index in [1.165, 1.54) is 24.8 Å². The molecule has 98 valence electrons. The van der Waals surface area contributed by atoms with E-state index in [-0.39, 0.29) is 18.0 Å². The average molecular weight is 246 g/mol. The molecule has 0 aromatic heterocycles. The van der Waals surface area contributed by atoms with Crippen molar-refractivity contribution in [2.75, 3.05) is 0 Å². The minimum atomic E-state index is -0.153. The Balaban J connectivity index is 1.87. The SMILES string of the molecule is C=C1C(=O)OC2C1CC/C(C)=C\CC[C@@]1(C)C[C@H]21. The summed E-state index contributed by atoms with van der Waals surface area (Å²) in [5, 5.41) is 0. The lowest BCUT2D eigenvalue weighted by Gasteiger charge is -2.22. The molecule has 3 aliphatic rings. The van der Waals surface area contributed by atoms with Crippen LogP contribution in [0.25, 0.3) is 0 Å². The van der Waals surface area contributed by atoms with Gasteiger partial charge in [-0.3, -0.25) is 0 Å². The van der Waals surface area contributed by atoms with Crippen molar-refractivity contribution < 1.29 is 9.53 Å². The molecule has 0 radical (unpaired) electrons. The summed E-state index contributed by atoms with van der Waals surface area (Å²) < 4.78 is 5.61. The Hall–Kier alpha value is -1.05. The van der Waals surface area contributed by atoms with Gasteiger partial charge in [0.15, 0.2) is 0 Å². The Morgan fingerprint density at radius 2 is 2.28 bits per heavy atom. The molecular weight excluding hydrogens is 224 g/mol. The molecule has 2 nitrogen and oxygen atoms in total. The maximum Gasteiger partial charge on any atom is 0.334 e. The lowest BCUT2D eigenvalue weighted by atomic mass is 9.84. The second-order valence-electron chi connectivity index (χ2n) is 6.59. The van der Waals surface area contributed by atoms with E-state index in [4.69, 9.17) is 4.74 Å². The van der Waals surface area contributed by atoms with Crippen molar-refractivity contribution in [1.82, 2.24) is 0 Å². The van der Waals surface area contributed by atoms with Crippen molar-refractivity contribution in [1.29, 1.82) is 0 Å². The molecule has 0 aromatic carbocycles. The highest BCUT2D eigenvalue weighted by Crippen LogP contribution is 2.61. The first-order valence-corrected chi connectivity index (χ1v) is 7.07. The number of hydrogen-bond acceptors (Lipinski definition) is 2. The smallest absolute Gasteiger partial charge is 0.334 e. The highest BCUT2D eigenvalue weighted by molar-refractivity contribution is 5.90. The quantitative estimate of drug-likeness (QED) is 0.370. The van der Waals surface area contributed by atoms with Crippen molar-refractivity contribution in [2.45, 2.75) is 52.1 Å². The van der Waals surface area contributed by atoms with Crippen molar-refractivity contribution in [3.8, 4) is 0 Å². The summed E-state index contributed by atoms with van der Waals surface area (Å²) >= 11 is 0. The maximum absolute atomic E-state index is 11.8. The first-order valence-electron chi connectivity index (χ1n) is 7.07. The monoisotopic (exact) mass is 246 g/mol. The summed E-state index contributed by atoms with van der Waals surface area (Å²) in [6.07, 6.45) is 8.18. The molecule has 4 atom stereocenters. The molecule has 1 saturated carbocycles. The summed E-state index contributed by atoms with van der Waals surface area (Å²) in [6, 6.07) is 0. The third kappa shape index (κ3) is 1.82. The third-order valence-electron chi connectivity index (χ3n) is 5.23. The Morgan fingerprint density at radius 3 is 3.06 bits per heavy atom. The molecule has 2 aliphatic carbocycles. The van der Waals surface area contributed by atoms with Crippen LogP contribution < -0.4 is 0 Å². The maximum atomic E-state index is 11.8. The van der Waals surface area contributed by atoms with E-state index in [0.29, 0.717) is 16.9 Å². The Morgan fingerprint density at radius 1 is 1.50 bits per heavy atom. The van der Waals surface area contributed by atoms with Gasteiger partial charge in [-0.1, -0.05) is 25.2 Å². The van der Waals surface area contributed by atoms with Crippen LogP contribution in [0.1, 0.15) is 46.0 Å². The minimum Gasteiger partial charge on any atom is -0.458 e. The molecule has 2 unspecified atom stereocenters. The number of rotatable bonds is 0. The fourth-order valence-electron chi connectivity index (χ4n) is 3.71. The van der Waals surface area contributed by atoms with Crippen LogP contribution in [0.3, 0.4) is 0 Å². The molecule has 0 aromatic rings. The second kappa shape index (κ2) is 3.97. The van der Waals surface area contributed by atoms with Crippen LogP contribution >= 0.6 is 0 Å². The van der Waals surface area contributed by atoms with Crippen LogP contribution in [0, 0.1) is 17.3 Å². The molecule has 2 heteroatoms. The highest BCUT2D eigenvalue weighted by atomic mass is 16.6. The lowest BCUT2D eigenvalue weighted by molar-refractivity contribution is -0.140. The zero-order valence-electron chi connectivity index (χ0n) is 11.4. The Bertz CT molecular complexity index is 434. The molecule has 18 heavy (non-hydrogen) atoms. The molecule has 1 heterocycles. The van der Waals surface area contributed by atoms with Gasteiger partial charge in [0.25, 0.3) is 0 Å². The highest BCUT2D eigenvalue weighted by Gasteiger charge is 2.59. The topological polar surface area (TPSA) is 26.3 Å². The lowest BCUT2D eigenvalue weighted by Crippen LogP contribution is -2.23. The zero-order valence-corrected chi connectivity index (χ0v) is 11.4. The molecule has 0 spiro atoms. The number of ether oxygens (including phenoxy) is 1. The van der Waals surface area contributed by atoms with Crippen LogP contribution in [-0.2, 0) is 9.53 Å². The van der Waals surface area contributed by atoms with Crippen LogP contribution in [0.4, 0.5) is 0 Å². The van der Waals surface area contributed by atoms with Gasteiger partial charge in [-0.15, -0.1) is 0 Å². The first-order chi connectivity index (χ1) is 8.51. The zero-order chi connectivity index (χ0) is 12.9. The number of fused-ring (bicyclic) bond motifs is 3. The van der Waals surface area contributed by atoms with Crippen LogP contribution in [0.2, 0.25) is 0 Å². The van der Waals surface area contributed by atoms with Crippen LogP contribution in [0.5, 0.6) is 0 Å². The van der Waals surface area contributed by atoms with Crippen molar-refractivity contribution in [3.05, 3.63) is 23.8 Å². The van der Waals surface area contributed by atoms with E-state index in [9.17, 15) is 4.79 Å². The summed E-state index contributed by atoms with van der Waals surface area (Å²) in [7, 11) is 0. The molecule has 0 bridgehead atoms. The predicted molar refractivity (Wildman–Crippen MR) is 70.9 cm³/mol. The van der Waals surface area contributed by atoms with Gasteiger partial charge in [-0.25, -0.2) is 4.79 Å². The van der Waals surface area contributed by atoms with Crippen molar-refractivity contribution in [3.63, 3.8) is 0 Å². The number of carbonyl (C=O) groups is 1. The van der Waals surface area contributed by atoms with Gasteiger partial charge >= 0.3 is 5.97 Å². The van der Waals surface area contributed by atoms with Gasteiger partial charge in [-0.05, 0) is 44.4 Å². The molecule has 1 aliphatic heterocycles. The Labute approximate surface area is 109 Å². The summed E-state index contributed by atoms with van der Waals surface area (Å²) in [4.78, 5) is 11.8. The van der Waals surface area contributed by atoms with Gasteiger partial charge < -0.3 is 4.74 Å². The number of carbonyl (C=O) groups excluding carboxylic acids is 1. The van der Waals surface area contributed by atoms with E-state index in [0.717, 1.165) is 12.8 Å². The standard InChI is InChI=1S/C16H22O2/c1-10-5-4-8-16(3)9-13(16)14-12(7-6-10)11(2)15(17)18-14/h5,12-14H,2,4,6-9H2,1,3H3/b10-5-/t12?,13-,14?,16+/m1/s1. The minimum absolute atomic E-state index is 0.112. The number of esters is 1. The summed E-state index contributed by atoms with van der Waals surface area (Å²) in [5.41, 5.74) is 2.55. The van der Waals surface area contributed by atoms with E-state index < -0.39 is 0 Å². The predicted octanol–water partition coefficient (Wildman–Crippen LogP) is 3.63.